The van der Waals surface area contributed by atoms with Gasteiger partial charge in [0.1, 0.15) is 17.3 Å². The number of nitrogens with zero attached hydrogens (tertiary/aromatic N) is 2. The van der Waals surface area contributed by atoms with E-state index in [4.69, 9.17) is 10.5 Å². The second-order valence-corrected chi connectivity index (χ2v) is 5.61. The highest BCUT2D eigenvalue weighted by Gasteiger charge is 2.18. The molecule has 0 aliphatic heterocycles. The summed E-state index contributed by atoms with van der Waals surface area (Å²) in [5.74, 6) is 1.55. The Labute approximate surface area is 127 Å². The van der Waals surface area contributed by atoms with Crippen LogP contribution < -0.4 is 10.5 Å². The zero-order valence-corrected chi connectivity index (χ0v) is 12.9. The van der Waals surface area contributed by atoms with Gasteiger partial charge in [0.25, 0.3) is 0 Å². The summed E-state index contributed by atoms with van der Waals surface area (Å²) in [6, 6.07) is 12.0. The maximum absolute atomic E-state index is 6.19. The van der Waals surface area contributed by atoms with Crippen LogP contribution in [0.25, 0.3) is 21.7 Å². The van der Waals surface area contributed by atoms with E-state index in [9.17, 15) is 0 Å². The van der Waals surface area contributed by atoms with Crippen molar-refractivity contribution in [3.05, 3.63) is 41.8 Å². The van der Waals surface area contributed by atoms with E-state index in [2.05, 4.69) is 11.2 Å². The van der Waals surface area contributed by atoms with Crippen molar-refractivity contribution in [1.82, 2.24) is 9.78 Å². The van der Waals surface area contributed by atoms with E-state index in [0.717, 1.165) is 27.4 Å². The van der Waals surface area contributed by atoms with Gasteiger partial charge >= 0.3 is 0 Å². The van der Waals surface area contributed by atoms with E-state index in [0.29, 0.717) is 12.4 Å². The Hall–Kier alpha value is -2.27. The van der Waals surface area contributed by atoms with Crippen molar-refractivity contribution < 1.29 is 4.74 Å². The summed E-state index contributed by atoms with van der Waals surface area (Å²) >= 11 is 1.67. The summed E-state index contributed by atoms with van der Waals surface area (Å²) < 4.78 is 7.20. The monoisotopic (exact) mass is 299 g/mol. The predicted octanol–water partition coefficient (Wildman–Crippen LogP) is 3.80. The molecule has 0 fully saturated rings. The van der Waals surface area contributed by atoms with Crippen molar-refractivity contribution in [3.8, 4) is 27.4 Å². The molecule has 2 aromatic heterocycles. The van der Waals surface area contributed by atoms with Crippen molar-refractivity contribution in [2.75, 3.05) is 12.3 Å². The molecule has 21 heavy (non-hydrogen) atoms. The van der Waals surface area contributed by atoms with Crippen molar-refractivity contribution >= 4 is 17.2 Å². The number of hydrogen-bond donors (Lipinski definition) is 1. The lowest BCUT2D eigenvalue weighted by molar-refractivity contribution is 0.340. The van der Waals surface area contributed by atoms with E-state index >= 15 is 0 Å². The predicted molar refractivity (Wildman–Crippen MR) is 87.5 cm³/mol. The molecular weight excluding hydrogens is 282 g/mol. The van der Waals surface area contributed by atoms with Crippen LogP contribution in [-0.2, 0) is 7.05 Å². The van der Waals surface area contributed by atoms with Crippen molar-refractivity contribution in [3.63, 3.8) is 0 Å². The number of anilines is 1. The number of benzene rings is 1. The molecule has 0 saturated heterocycles. The molecule has 2 heterocycles. The molecule has 0 atom stereocenters. The molecule has 0 unspecified atom stereocenters. The van der Waals surface area contributed by atoms with Gasteiger partial charge < -0.3 is 10.5 Å². The SMILES string of the molecule is CCOc1ccc(-c2nn(C)c(N)c2-c2cccs2)cc1. The van der Waals surface area contributed by atoms with Gasteiger partial charge in [0.15, 0.2) is 0 Å². The molecule has 3 rings (SSSR count). The summed E-state index contributed by atoms with van der Waals surface area (Å²) in [7, 11) is 1.87. The molecule has 0 aliphatic carbocycles. The molecule has 0 bridgehead atoms. The van der Waals surface area contributed by atoms with Crippen LogP contribution in [0.1, 0.15) is 6.92 Å². The molecule has 3 aromatic rings. The third-order valence-electron chi connectivity index (χ3n) is 3.30. The summed E-state index contributed by atoms with van der Waals surface area (Å²) in [4.78, 5) is 1.13. The van der Waals surface area contributed by atoms with E-state index in [1.165, 1.54) is 0 Å². The fraction of sp³-hybridized carbons (Fsp3) is 0.188. The number of aromatic nitrogens is 2. The number of nitrogen functional groups attached to an aromatic ring is 1. The van der Waals surface area contributed by atoms with Crippen LogP contribution in [0.4, 0.5) is 5.82 Å². The average Bonchev–Trinajstić information content (AvgIpc) is 3.10. The molecule has 1 aromatic carbocycles. The van der Waals surface area contributed by atoms with Crippen LogP contribution in [0.3, 0.4) is 0 Å². The molecule has 2 N–H and O–H groups in total. The second kappa shape index (κ2) is 5.61. The number of rotatable bonds is 4. The zero-order chi connectivity index (χ0) is 14.8. The Morgan fingerprint density at radius 2 is 2.00 bits per heavy atom. The maximum Gasteiger partial charge on any atom is 0.130 e. The summed E-state index contributed by atoms with van der Waals surface area (Å²) in [5, 5.41) is 6.61. The van der Waals surface area contributed by atoms with Crippen LogP contribution in [0, 0.1) is 0 Å². The Morgan fingerprint density at radius 3 is 2.62 bits per heavy atom. The van der Waals surface area contributed by atoms with Crippen LogP contribution in [0.2, 0.25) is 0 Å². The number of thiophene rings is 1. The molecular formula is C16H17N3OS. The molecule has 108 valence electrons. The average molecular weight is 299 g/mol. The standard InChI is InChI=1S/C16H17N3OS/c1-3-20-12-8-6-11(7-9-12)15-14(13-5-4-10-21-13)16(17)19(2)18-15/h4-10H,3,17H2,1-2H3. The smallest absolute Gasteiger partial charge is 0.130 e. The maximum atomic E-state index is 6.19. The van der Waals surface area contributed by atoms with Gasteiger partial charge in [0.2, 0.25) is 0 Å². The topological polar surface area (TPSA) is 53.1 Å². The lowest BCUT2D eigenvalue weighted by Gasteiger charge is -2.05. The van der Waals surface area contributed by atoms with Gasteiger partial charge in [-0.15, -0.1) is 11.3 Å². The fourth-order valence-electron chi connectivity index (χ4n) is 2.28. The van der Waals surface area contributed by atoms with Crippen LogP contribution in [0.5, 0.6) is 5.75 Å². The molecule has 5 heteroatoms. The van der Waals surface area contributed by atoms with Gasteiger partial charge in [-0.1, -0.05) is 6.07 Å². The van der Waals surface area contributed by atoms with Gasteiger partial charge in [0, 0.05) is 17.5 Å². The van der Waals surface area contributed by atoms with E-state index in [-0.39, 0.29) is 0 Å². The second-order valence-electron chi connectivity index (χ2n) is 4.67. The Balaban J connectivity index is 2.08. The van der Waals surface area contributed by atoms with Gasteiger partial charge in [0.05, 0.1) is 12.2 Å². The van der Waals surface area contributed by atoms with Crippen LogP contribution in [-0.4, -0.2) is 16.4 Å². The molecule has 0 saturated carbocycles. The first kappa shape index (κ1) is 13.7. The number of aryl methyl sites for hydroxylation is 1. The van der Waals surface area contributed by atoms with Gasteiger partial charge in [-0.3, -0.25) is 4.68 Å². The van der Waals surface area contributed by atoms with Crippen molar-refractivity contribution in [1.29, 1.82) is 0 Å². The van der Waals surface area contributed by atoms with Crippen LogP contribution in [0.15, 0.2) is 41.8 Å². The third kappa shape index (κ3) is 2.52. The fourth-order valence-corrected chi connectivity index (χ4v) is 3.06. The summed E-state index contributed by atoms with van der Waals surface area (Å²) in [5.41, 5.74) is 9.13. The highest BCUT2D eigenvalue weighted by molar-refractivity contribution is 7.13. The summed E-state index contributed by atoms with van der Waals surface area (Å²) in [6.07, 6.45) is 0. The number of hydrogen-bond acceptors (Lipinski definition) is 4. The molecule has 0 spiro atoms. The minimum absolute atomic E-state index is 0.663. The minimum atomic E-state index is 0.663. The Bertz CT molecular complexity index is 730. The first-order valence-electron chi connectivity index (χ1n) is 6.80. The quantitative estimate of drug-likeness (QED) is 0.797. The number of nitrogens with two attached hydrogens (primary N) is 1. The first-order valence-corrected chi connectivity index (χ1v) is 7.68. The van der Waals surface area contributed by atoms with Crippen molar-refractivity contribution in [2.24, 2.45) is 7.05 Å². The van der Waals surface area contributed by atoms with E-state index < -0.39 is 0 Å². The first-order chi connectivity index (χ1) is 10.2. The Morgan fingerprint density at radius 1 is 1.24 bits per heavy atom. The molecule has 0 radical (unpaired) electrons. The molecule has 4 nitrogen and oxygen atoms in total. The number of ether oxygens (including phenoxy) is 1. The minimum Gasteiger partial charge on any atom is -0.494 e. The van der Waals surface area contributed by atoms with Gasteiger partial charge in [-0.05, 0) is 42.6 Å². The third-order valence-corrected chi connectivity index (χ3v) is 4.19. The Kier molecular flexibility index (Phi) is 3.66. The van der Waals surface area contributed by atoms with Crippen LogP contribution >= 0.6 is 11.3 Å². The zero-order valence-electron chi connectivity index (χ0n) is 12.0. The highest BCUT2D eigenvalue weighted by Crippen LogP contribution is 2.38. The van der Waals surface area contributed by atoms with E-state index in [1.807, 2.05) is 49.7 Å². The molecule has 0 amide bonds. The van der Waals surface area contributed by atoms with Gasteiger partial charge in [-0.2, -0.15) is 5.10 Å². The highest BCUT2D eigenvalue weighted by atomic mass is 32.1. The van der Waals surface area contributed by atoms with E-state index in [1.54, 1.807) is 16.0 Å². The van der Waals surface area contributed by atoms with Gasteiger partial charge in [-0.25, -0.2) is 0 Å². The van der Waals surface area contributed by atoms with Crippen molar-refractivity contribution in [2.45, 2.75) is 6.92 Å². The lowest BCUT2D eigenvalue weighted by atomic mass is 10.1. The summed E-state index contributed by atoms with van der Waals surface area (Å²) in [6.45, 7) is 2.64. The molecule has 0 aliphatic rings. The lowest BCUT2D eigenvalue weighted by Crippen LogP contribution is -1.97. The largest absolute Gasteiger partial charge is 0.494 e. The normalized spacial score (nSPS) is 10.8.